The highest BCUT2D eigenvalue weighted by Gasteiger charge is 2.33. The lowest BCUT2D eigenvalue weighted by molar-refractivity contribution is 0.0990. The van der Waals surface area contributed by atoms with Gasteiger partial charge in [-0.3, -0.25) is 9.59 Å². The molecule has 31 heavy (non-hydrogen) atoms. The van der Waals surface area contributed by atoms with Gasteiger partial charge in [0.1, 0.15) is 9.84 Å². The van der Waals surface area contributed by atoms with Crippen LogP contribution in [0.1, 0.15) is 25.6 Å². The van der Waals surface area contributed by atoms with Gasteiger partial charge in [0.05, 0.1) is 10.3 Å². The molecule has 3 aromatic carbocycles. The molecule has 1 aliphatic rings. The fraction of sp³-hybridized carbons (Fsp3) is 0. The van der Waals surface area contributed by atoms with Crippen LogP contribution in [0.4, 0.5) is 0 Å². The lowest BCUT2D eigenvalue weighted by Crippen LogP contribution is -1.99. The van der Waals surface area contributed by atoms with Crippen molar-refractivity contribution in [1.82, 2.24) is 4.98 Å². The number of halogens is 1. The fourth-order valence-electron chi connectivity index (χ4n) is 3.82. The van der Waals surface area contributed by atoms with Crippen LogP contribution >= 0.6 is 34.3 Å². The second-order valence-corrected chi connectivity index (χ2v) is 9.83. The number of fused-ring (bicyclic) bond motifs is 3. The summed E-state index contributed by atoms with van der Waals surface area (Å²) in [6, 6.07) is 21.0. The van der Waals surface area contributed by atoms with Crippen LogP contribution in [0.3, 0.4) is 0 Å². The van der Waals surface area contributed by atoms with E-state index in [2.05, 4.69) is 0 Å². The average molecular weight is 458 g/mol. The van der Waals surface area contributed by atoms with Gasteiger partial charge < -0.3 is 0 Å². The molecule has 0 unspecified atom stereocenters. The average Bonchev–Trinajstić information content (AvgIpc) is 3.40. The van der Waals surface area contributed by atoms with Crippen LogP contribution in [-0.2, 0) is 0 Å². The molecule has 0 N–H and O–H groups in total. The summed E-state index contributed by atoms with van der Waals surface area (Å²) in [6.45, 7) is 0. The Morgan fingerprint density at radius 3 is 2.06 bits per heavy atom. The first-order valence-corrected chi connectivity index (χ1v) is 11.6. The van der Waals surface area contributed by atoms with Crippen molar-refractivity contribution in [2.45, 2.75) is 0 Å². The van der Waals surface area contributed by atoms with E-state index in [9.17, 15) is 9.59 Å². The molecule has 5 aromatic rings. The van der Waals surface area contributed by atoms with E-state index in [1.54, 1.807) is 17.4 Å². The van der Waals surface area contributed by atoms with Gasteiger partial charge in [0, 0.05) is 26.6 Å². The van der Waals surface area contributed by atoms with Crippen LogP contribution in [0.15, 0.2) is 72.3 Å². The van der Waals surface area contributed by atoms with Gasteiger partial charge in [0.25, 0.3) is 0 Å². The number of allylic oxidation sites excluding steroid dienone is 1. The molecule has 1 aliphatic carbocycles. The Bertz CT molecular complexity index is 1490. The summed E-state index contributed by atoms with van der Waals surface area (Å²) in [5, 5.41) is 3.53. The molecule has 0 atom stereocenters. The Morgan fingerprint density at radius 2 is 1.45 bits per heavy atom. The van der Waals surface area contributed by atoms with Crippen LogP contribution in [0.5, 0.6) is 0 Å². The molecule has 3 nitrogen and oxygen atoms in total. The normalized spacial score (nSPS) is 13.4. The predicted molar refractivity (Wildman–Crippen MR) is 129 cm³/mol. The minimum atomic E-state index is -0.211. The SMILES string of the molecule is O=C1C(=Cc2cc3sc(-c4ccc(Cl)cc4)nc3s2)C(=O)c2cc3ccccc3cc21. The zero-order chi connectivity index (χ0) is 21.1. The van der Waals surface area contributed by atoms with Gasteiger partial charge in [0.15, 0.2) is 11.6 Å². The first-order chi connectivity index (χ1) is 15.1. The molecule has 0 radical (unpaired) electrons. The molecular weight excluding hydrogens is 446 g/mol. The molecule has 6 rings (SSSR count). The van der Waals surface area contributed by atoms with Crippen molar-refractivity contribution in [1.29, 1.82) is 0 Å². The lowest BCUT2D eigenvalue weighted by Gasteiger charge is -2.00. The third kappa shape index (κ3) is 3.05. The van der Waals surface area contributed by atoms with Crippen LogP contribution < -0.4 is 0 Å². The van der Waals surface area contributed by atoms with Crippen molar-refractivity contribution < 1.29 is 9.59 Å². The molecule has 0 spiro atoms. The number of thiophene rings is 1. The highest BCUT2D eigenvalue weighted by atomic mass is 35.5. The van der Waals surface area contributed by atoms with E-state index in [0.717, 1.165) is 35.8 Å². The van der Waals surface area contributed by atoms with Gasteiger partial charge in [-0.15, -0.1) is 22.7 Å². The van der Waals surface area contributed by atoms with Gasteiger partial charge in [-0.05, 0) is 47.2 Å². The number of carbonyl (C=O) groups is 2. The molecule has 0 bridgehead atoms. The molecule has 0 saturated carbocycles. The molecule has 6 heteroatoms. The van der Waals surface area contributed by atoms with Crippen LogP contribution in [0.2, 0.25) is 5.02 Å². The molecule has 0 saturated heterocycles. The summed E-state index contributed by atoms with van der Waals surface area (Å²) in [7, 11) is 0. The Morgan fingerprint density at radius 1 is 0.806 bits per heavy atom. The minimum absolute atomic E-state index is 0.211. The van der Waals surface area contributed by atoms with Crippen molar-refractivity contribution in [2.75, 3.05) is 0 Å². The summed E-state index contributed by atoms with van der Waals surface area (Å²) in [4.78, 5) is 32.4. The highest BCUT2D eigenvalue weighted by molar-refractivity contribution is 7.29. The van der Waals surface area contributed by atoms with E-state index < -0.39 is 0 Å². The number of nitrogens with zero attached hydrogens (tertiary/aromatic N) is 1. The topological polar surface area (TPSA) is 47.0 Å². The Balaban J connectivity index is 1.38. The number of hydrogen-bond donors (Lipinski definition) is 0. The molecule has 2 aromatic heterocycles. The number of aromatic nitrogens is 1. The maximum Gasteiger partial charge on any atom is 0.197 e. The van der Waals surface area contributed by atoms with Crippen molar-refractivity contribution in [3.05, 3.63) is 93.3 Å². The summed E-state index contributed by atoms with van der Waals surface area (Å²) in [5.41, 5.74) is 2.20. The largest absolute Gasteiger partial charge is 0.288 e. The van der Waals surface area contributed by atoms with Gasteiger partial charge in [-0.2, -0.15) is 0 Å². The monoisotopic (exact) mass is 457 g/mol. The summed E-state index contributed by atoms with van der Waals surface area (Å²) in [6.07, 6.45) is 1.70. The van der Waals surface area contributed by atoms with E-state index in [0.29, 0.717) is 16.1 Å². The minimum Gasteiger partial charge on any atom is -0.288 e. The van der Waals surface area contributed by atoms with Crippen LogP contribution in [0.25, 0.3) is 36.9 Å². The van der Waals surface area contributed by atoms with E-state index >= 15 is 0 Å². The number of Topliss-reactive ketones (excluding diaryl/α,β-unsaturated/α-hetero) is 2. The second-order valence-electron chi connectivity index (χ2n) is 7.31. The van der Waals surface area contributed by atoms with Crippen molar-refractivity contribution in [3.63, 3.8) is 0 Å². The highest BCUT2D eigenvalue weighted by Crippen LogP contribution is 2.38. The van der Waals surface area contributed by atoms with Crippen LogP contribution in [0, 0.1) is 0 Å². The number of hydrogen-bond acceptors (Lipinski definition) is 5. The second kappa shape index (κ2) is 6.95. The van der Waals surface area contributed by atoms with Gasteiger partial charge in [-0.1, -0.05) is 48.0 Å². The number of ketones is 2. The summed E-state index contributed by atoms with van der Waals surface area (Å²) >= 11 is 9.03. The third-order valence-electron chi connectivity index (χ3n) is 5.35. The zero-order valence-corrected chi connectivity index (χ0v) is 18.3. The molecule has 0 aliphatic heterocycles. The van der Waals surface area contributed by atoms with E-state index in [-0.39, 0.29) is 17.1 Å². The van der Waals surface area contributed by atoms with Gasteiger partial charge in [-0.25, -0.2) is 4.98 Å². The van der Waals surface area contributed by atoms with Crippen molar-refractivity contribution >= 4 is 72.2 Å². The number of thiazole rings is 1. The third-order valence-corrected chi connectivity index (χ3v) is 7.76. The molecule has 2 heterocycles. The van der Waals surface area contributed by atoms with E-state index in [4.69, 9.17) is 16.6 Å². The fourth-order valence-corrected chi connectivity index (χ4v) is 6.12. The Kier molecular flexibility index (Phi) is 4.18. The molecule has 0 fully saturated rings. The molecule has 148 valence electrons. The smallest absolute Gasteiger partial charge is 0.197 e. The zero-order valence-electron chi connectivity index (χ0n) is 15.9. The first kappa shape index (κ1) is 18.6. The van der Waals surface area contributed by atoms with Crippen LogP contribution in [-0.4, -0.2) is 16.6 Å². The lowest BCUT2D eigenvalue weighted by atomic mass is 10.0. The van der Waals surface area contributed by atoms with E-state index in [1.165, 1.54) is 11.3 Å². The maximum absolute atomic E-state index is 13.0. The van der Waals surface area contributed by atoms with Gasteiger partial charge >= 0.3 is 0 Å². The number of carbonyl (C=O) groups excluding carboxylic acids is 2. The quantitative estimate of drug-likeness (QED) is 0.206. The number of benzene rings is 3. The Hall–Kier alpha value is -3.12. The molecule has 0 amide bonds. The summed E-state index contributed by atoms with van der Waals surface area (Å²) < 4.78 is 1.03. The standard InChI is InChI=1S/C25H12ClNO2S2/c26-16-7-5-13(6-8-16)24-27-25-21(31-24)12-17(30-25)11-20-22(28)18-9-14-3-1-2-4-15(14)10-19(18)23(20)29/h1-12H. The summed E-state index contributed by atoms with van der Waals surface area (Å²) in [5.74, 6) is -0.422. The van der Waals surface area contributed by atoms with E-state index in [1.807, 2.05) is 66.7 Å². The van der Waals surface area contributed by atoms with Crippen molar-refractivity contribution in [2.24, 2.45) is 0 Å². The van der Waals surface area contributed by atoms with Crippen molar-refractivity contribution in [3.8, 4) is 10.6 Å². The predicted octanol–water partition coefficient (Wildman–Crippen LogP) is 7.29. The Labute approximate surface area is 190 Å². The van der Waals surface area contributed by atoms with Gasteiger partial charge in [0.2, 0.25) is 0 Å². The maximum atomic E-state index is 13.0. The first-order valence-electron chi connectivity index (χ1n) is 9.57. The molecular formula is C25H12ClNO2S2. The number of rotatable bonds is 2.